The first-order valence-electron chi connectivity index (χ1n) is 2.17. The Morgan fingerprint density at radius 3 is 2.62 bits per heavy atom. The molecular formula is C6H8FN. The van der Waals surface area contributed by atoms with Gasteiger partial charge in [-0.2, -0.15) is 0 Å². The minimum absolute atomic E-state index is 0.383. The van der Waals surface area contributed by atoms with Crippen molar-refractivity contribution in [2.75, 3.05) is 0 Å². The van der Waals surface area contributed by atoms with Gasteiger partial charge in [-0.25, -0.2) is 4.39 Å². The van der Waals surface area contributed by atoms with Gasteiger partial charge in [0.05, 0.1) is 0 Å². The molecule has 0 aromatic rings. The molecule has 8 heavy (non-hydrogen) atoms. The summed E-state index contributed by atoms with van der Waals surface area (Å²) in [5, 5.41) is 0. The summed E-state index contributed by atoms with van der Waals surface area (Å²) >= 11 is 0. The van der Waals surface area contributed by atoms with Crippen LogP contribution in [0.5, 0.6) is 0 Å². The van der Waals surface area contributed by atoms with Gasteiger partial charge in [0.25, 0.3) is 0 Å². The molecule has 0 heterocycles. The van der Waals surface area contributed by atoms with Crippen molar-refractivity contribution in [2.24, 2.45) is 5.73 Å². The molecule has 0 aliphatic heterocycles. The summed E-state index contributed by atoms with van der Waals surface area (Å²) in [5.74, 6) is -0.383. The zero-order valence-electron chi connectivity index (χ0n) is 4.47. The summed E-state index contributed by atoms with van der Waals surface area (Å²) in [7, 11) is 0. The lowest BCUT2D eigenvalue weighted by Crippen LogP contribution is -1.72. The second-order valence-corrected chi connectivity index (χ2v) is 1.14. The highest BCUT2D eigenvalue weighted by Gasteiger charge is 1.76. The minimum atomic E-state index is -0.383. The number of rotatable bonds is 2. The lowest BCUT2D eigenvalue weighted by Gasteiger charge is -1.76. The average Bonchev–Trinajstić information content (AvgIpc) is 1.83. The molecule has 0 amide bonds. The van der Waals surface area contributed by atoms with Crippen LogP contribution in [0.4, 0.5) is 4.39 Å². The molecule has 0 rings (SSSR count). The molecule has 0 fully saturated rings. The van der Waals surface area contributed by atoms with Crippen LogP contribution in [0.2, 0.25) is 0 Å². The van der Waals surface area contributed by atoms with Gasteiger partial charge in [-0.15, -0.1) is 0 Å². The zero-order valence-corrected chi connectivity index (χ0v) is 4.47. The molecule has 0 aliphatic carbocycles. The predicted octanol–water partition coefficient (Wildman–Crippen LogP) is 1.50. The first-order valence-corrected chi connectivity index (χ1v) is 2.17. The van der Waals surface area contributed by atoms with Gasteiger partial charge >= 0.3 is 0 Å². The van der Waals surface area contributed by atoms with E-state index in [9.17, 15) is 4.39 Å². The van der Waals surface area contributed by atoms with Crippen molar-refractivity contribution in [3.63, 3.8) is 0 Å². The van der Waals surface area contributed by atoms with Gasteiger partial charge in [0.15, 0.2) is 0 Å². The van der Waals surface area contributed by atoms with Crippen molar-refractivity contribution in [2.45, 2.75) is 0 Å². The van der Waals surface area contributed by atoms with Crippen LogP contribution in [0.15, 0.2) is 36.8 Å². The van der Waals surface area contributed by atoms with Crippen molar-refractivity contribution in [3.05, 3.63) is 36.8 Å². The second-order valence-electron chi connectivity index (χ2n) is 1.14. The lowest BCUT2D eigenvalue weighted by atomic mass is 10.4. The predicted molar refractivity (Wildman–Crippen MR) is 32.7 cm³/mol. The zero-order chi connectivity index (χ0) is 6.41. The van der Waals surface area contributed by atoms with E-state index in [0.717, 1.165) is 6.08 Å². The van der Waals surface area contributed by atoms with Gasteiger partial charge in [-0.1, -0.05) is 6.58 Å². The Bertz CT molecular complexity index is 124. The topological polar surface area (TPSA) is 26.0 Å². The van der Waals surface area contributed by atoms with Crippen LogP contribution in [-0.4, -0.2) is 0 Å². The second kappa shape index (κ2) is 4.12. The third kappa shape index (κ3) is 3.15. The first kappa shape index (κ1) is 6.95. The fraction of sp³-hybridized carbons (Fsp3) is 0. The largest absolute Gasteiger partial charge is 0.405 e. The molecule has 44 valence electrons. The average molecular weight is 113 g/mol. The number of halogens is 1. The number of hydrogen-bond acceptors (Lipinski definition) is 1. The Kier molecular flexibility index (Phi) is 3.58. The van der Waals surface area contributed by atoms with E-state index in [4.69, 9.17) is 5.73 Å². The first-order chi connectivity index (χ1) is 3.81. The molecule has 0 saturated carbocycles. The van der Waals surface area contributed by atoms with Crippen molar-refractivity contribution < 1.29 is 4.39 Å². The van der Waals surface area contributed by atoms with E-state index in [0.29, 0.717) is 0 Å². The summed E-state index contributed by atoms with van der Waals surface area (Å²) in [6, 6.07) is 0. The molecule has 0 aromatic carbocycles. The molecule has 0 bridgehead atoms. The fourth-order valence-electron chi connectivity index (χ4n) is 0.216. The van der Waals surface area contributed by atoms with Crippen LogP contribution in [0.3, 0.4) is 0 Å². The summed E-state index contributed by atoms with van der Waals surface area (Å²) in [4.78, 5) is 0. The molecular weight excluding hydrogens is 105 g/mol. The standard InChI is InChI=1S/C6H8FN/c1-2-6(7)4-3-5-8/h2-5H,1,8H2/b5-3+,6-4+. The number of hydrogen-bond donors (Lipinski definition) is 1. The van der Waals surface area contributed by atoms with Crippen LogP contribution < -0.4 is 5.73 Å². The van der Waals surface area contributed by atoms with Gasteiger partial charge in [0.1, 0.15) is 5.83 Å². The van der Waals surface area contributed by atoms with Gasteiger partial charge in [-0.3, -0.25) is 0 Å². The van der Waals surface area contributed by atoms with E-state index in [1.54, 1.807) is 0 Å². The fourth-order valence-corrected chi connectivity index (χ4v) is 0.216. The molecule has 0 saturated heterocycles. The normalized spacial score (nSPS) is 12.4. The third-order valence-corrected chi connectivity index (χ3v) is 0.562. The number of nitrogens with two attached hydrogens (primary N) is 1. The molecule has 0 atom stereocenters. The molecule has 0 radical (unpaired) electrons. The monoisotopic (exact) mass is 113 g/mol. The van der Waals surface area contributed by atoms with Crippen molar-refractivity contribution in [1.82, 2.24) is 0 Å². The van der Waals surface area contributed by atoms with E-state index < -0.39 is 0 Å². The molecule has 0 spiro atoms. The Morgan fingerprint density at radius 2 is 2.25 bits per heavy atom. The lowest BCUT2D eigenvalue weighted by molar-refractivity contribution is 0.668. The van der Waals surface area contributed by atoms with Crippen molar-refractivity contribution in [3.8, 4) is 0 Å². The summed E-state index contributed by atoms with van der Waals surface area (Å²) in [6.07, 6.45) is 4.99. The third-order valence-electron chi connectivity index (χ3n) is 0.562. The van der Waals surface area contributed by atoms with E-state index in [1.165, 1.54) is 18.4 Å². The van der Waals surface area contributed by atoms with Gasteiger partial charge in [-0.05, 0) is 24.4 Å². The molecule has 0 aliphatic rings. The van der Waals surface area contributed by atoms with Gasteiger partial charge in [0, 0.05) is 0 Å². The van der Waals surface area contributed by atoms with E-state index >= 15 is 0 Å². The molecule has 0 unspecified atom stereocenters. The van der Waals surface area contributed by atoms with Crippen molar-refractivity contribution >= 4 is 0 Å². The van der Waals surface area contributed by atoms with E-state index in [-0.39, 0.29) is 5.83 Å². The highest BCUT2D eigenvalue weighted by Crippen LogP contribution is 1.94. The van der Waals surface area contributed by atoms with Crippen LogP contribution in [0.25, 0.3) is 0 Å². The molecule has 2 N–H and O–H groups in total. The summed E-state index contributed by atoms with van der Waals surface area (Å²) < 4.78 is 12.0. The highest BCUT2D eigenvalue weighted by molar-refractivity contribution is 5.14. The van der Waals surface area contributed by atoms with Gasteiger partial charge < -0.3 is 5.73 Å². The van der Waals surface area contributed by atoms with Gasteiger partial charge in [0.2, 0.25) is 0 Å². The summed E-state index contributed by atoms with van der Waals surface area (Å²) in [5.41, 5.74) is 4.91. The maximum Gasteiger partial charge on any atom is 0.122 e. The van der Waals surface area contributed by atoms with E-state index in [1.807, 2.05) is 0 Å². The Hall–Kier alpha value is -1.05. The van der Waals surface area contributed by atoms with Crippen LogP contribution in [0, 0.1) is 0 Å². The molecule has 0 aromatic heterocycles. The smallest absolute Gasteiger partial charge is 0.122 e. The Morgan fingerprint density at radius 1 is 1.62 bits per heavy atom. The van der Waals surface area contributed by atoms with Crippen molar-refractivity contribution in [1.29, 1.82) is 0 Å². The molecule has 2 heteroatoms. The maximum atomic E-state index is 12.0. The summed E-state index contributed by atoms with van der Waals surface area (Å²) in [6.45, 7) is 3.20. The highest BCUT2D eigenvalue weighted by atomic mass is 19.1. The number of allylic oxidation sites excluding steroid dienone is 4. The van der Waals surface area contributed by atoms with E-state index in [2.05, 4.69) is 6.58 Å². The Labute approximate surface area is 48.0 Å². The SMILES string of the molecule is C=C/C(F)=C\C=C\N. The van der Waals surface area contributed by atoms with Crippen LogP contribution in [-0.2, 0) is 0 Å². The van der Waals surface area contributed by atoms with Crippen LogP contribution >= 0.6 is 0 Å². The quantitative estimate of drug-likeness (QED) is 0.539. The maximum absolute atomic E-state index is 12.0. The van der Waals surface area contributed by atoms with Crippen LogP contribution in [0.1, 0.15) is 0 Å². The molecule has 1 nitrogen and oxygen atoms in total. The Balaban J connectivity index is 3.74. The minimum Gasteiger partial charge on any atom is -0.405 e.